The lowest BCUT2D eigenvalue weighted by atomic mass is 10.1. The van der Waals surface area contributed by atoms with Crippen LogP contribution < -0.4 is 4.90 Å². The molecule has 1 fully saturated rings. The van der Waals surface area contributed by atoms with Crippen molar-refractivity contribution in [2.75, 3.05) is 18.1 Å². The summed E-state index contributed by atoms with van der Waals surface area (Å²) in [5, 5.41) is 8.87. The Morgan fingerprint density at radius 1 is 1.35 bits per heavy atom. The molecule has 0 bridgehead atoms. The van der Waals surface area contributed by atoms with Crippen LogP contribution in [0.4, 0.5) is 5.82 Å². The summed E-state index contributed by atoms with van der Waals surface area (Å²) >= 11 is 6.11. The second-order valence-corrected chi connectivity index (χ2v) is 6.13. The standard InChI is InChI=1S/C16H16ClN5O/c1-11-9-23-14(12-3-2-4-13(17)7-12)8-22(11)15-16-20-19-10-21(16)6-5-18-15/h2-7,10-11,14H,8-9H2,1H3. The lowest BCUT2D eigenvalue weighted by molar-refractivity contribution is 0.0213. The van der Waals surface area contributed by atoms with E-state index in [0.717, 1.165) is 17.0 Å². The number of anilines is 1. The van der Waals surface area contributed by atoms with Gasteiger partial charge >= 0.3 is 0 Å². The van der Waals surface area contributed by atoms with Gasteiger partial charge in [-0.05, 0) is 24.6 Å². The Bertz CT molecular complexity index is 836. The molecule has 3 heterocycles. The molecule has 118 valence electrons. The van der Waals surface area contributed by atoms with Crippen molar-refractivity contribution >= 4 is 23.1 Å². The van der Waals surface area contributed by atoms with Crippen LogP contribution in [0.2, 0.25) is 5.02 Å². The first-order valence-corrected chi connectivity index (χ1v) is 7.88. The van der Waals surface area contributed by atoms with E-state index in [9.17, 15) is 0 Å². The van der Waals surface area contributed by atoms with E-state index in [4.69, 9.17) is 16.3 Å². The number of halogens is 1. The van der Waals surface area contributed by atoms with Crippen molar-refractivity contribution < 1.29 is 4.74 Å². The zero-order chi connectivity index (χ0) is 15.8. The van der Waals surface area contributed by atoms with E-state index in [-0.39, 0.29) is 12.1 Å². The smallest absolute Gasteiger partial charge is 0.203 e. The topological polar surface area (TPSA) is 55.5 Å². The van der Waals surface area contributed by atoms with E-state index in [1.165, 1.54) is 0 Å². The van der Waals surface area contributed by atoms with Gasteiger partial charge in [-0.3, -0.25) is 4.40 Å². The van der Waals surface area contributed by atoms with E-state index >= 15 is 0 Å². The fourth-order valence-corrected chi connectivity index (χ4v) is 3.11. The summed E-state index contributed by atoms with van der Waals surface area (Å²) < 4.78 is 7.88. The molecule has 1 aromatic carbocycles. The lowest BCUT2D eigenvalue weighted by Gasteiger charge is -2.38. The summed E-state index contributed by atoms with van der Waals surface area (Å²) in [6.45, 7) is 3.44. The molecule has 3 aromatic rings. The van der Waals surface area contributed by atoms with Crippen molar-refractivity contribution in [2.45, 2.75) is 19.1 Å². The molecular formula is C16H16ClN5O. The van der Waals surface area contributed by atoms with Crippen LogP contribution in [0, 0.1) is 0 Å². The minimum atomic E-state index is -0.0464. The Kier molecular flexibility index (Phi) is 3.63. The van der Waals surface area contributed by atoms with Crippen molar-refractivity contribution in [1.29, 1.82) is 0 Å². The van der Waals surface area contributed by atoms with E-state index in [1.54, 1.807) is 12.5 Å². The zero-order valence-corrected chi connectivity index (χ0v) is 13.4. The SMILES string of the molecule is CC1COC(c2cccc(Cl)c2)CN1c1nccn2cnnc12. The highest BCUT2D eigenvalue weighted by atomic mass is 35.5. The molecule has 0 aliphatic carbocycles. The summed E-state index contributed by atoms with van der Waals surface area (Å²) in [5.41, 5.74) is 1.83. The lowest BCUT2D eigenvalue weighted by Crippen LogP contribution is -2.45. The summed E-state index contributed by atoms with van der Waals surface area (Å²) in [5.74, 6) is 0.827. The Labute approximate surface area is 138 Å². The number of fused-ring (bicyclic) bond motifs is 1. The summed E-state index contributed by atoms with van der Waals surface area (Å²) in [6, 6.07) is 8.01. The number of morpholine rings is 1. The number of hydrogen-bond donors (Lipinski definition) is 0. The fraction of sp³-hybridized carbons (Fsp3) is 0.312. The highest BCUT2D eigenvalue weighted by molar-refractivity contribution is 6.30. The quantitative estimate of drug-likeness (QED) is 0.723. The predicted octanol–water partition coefficient (Wildman–Crippen LogP) is 2.74. The first kappa shape index (κ1) is 14.4. The first-order chi connectivity index (χ1) is 11.2. The largest absolute Gasteiger partial charge is 0.370 e. The number of aromatic nitrogens is 4. The second kappa shape index (κ2) is 5.79. The Balaban J connectivity index is 1.69. The van der Waals surface area contributed by atoms with Crippen LogP contribution in [0.3, 0.4) is 0 Å². The average molecular weight is 330 g/mol. The fourth-order valence-electron chi connectivity index (χ4n) is 2.91. The number of nitrogens with zero attached hydrogens (tertiary/aromatic N) is 5. The molecule has 0 N–H and O–H groups in total. The highest BCUT2D eigenvalue weighted by Crippen LogP contribution is 2.30. The number of rotatable bonds is 2. The molecular weight excluding hydrogens is 314 g/mol. The van der Waals surface area contributed by atoms with E-state index in [1.807, 2.05) is 34.9 Å². The molecule has 4 rings (SSSR count). The maximum absolute atomic E-state index is 6.11. The van der Waals surface area contributed by atoms with Crippen LogP contribution in [0.15, 0.2) is 43.0 Å². The van der Waals surface area contributed by atoms with Gasteiger partial charge < -0.3 is 9.64 Å². The number of ether oxygens (including phenoxy) is 1. The van der Waals surface area contributed by atoms with Crippen LogP contribution in [-0.2, 0) is 4.74 Å². The van der Waals surface area contributed by atoms with E-state index in [2.05, 4.69) is 27.0 Å². The van der Waals surface area contributed by atoms with Gasteiger partial charge in [-0.15, -0.1) is 10.2 Å². The third-order valence-corrected chi connectivity index (χ3v) is 4.36. The molecule has 23 heavy (non-hydrogen) atoms. The van der Waals surface area contributed by atoms with Crippen LogP contribution in [0.1, 0.15) is 18.6 Å². The van der Waals surface area contributed by atoms with Crippen LogP contribution in [-0.4, -0.2) is 38.8 Å². The van der Waals surface area contributed by atoms with Crippen molar-refractivity contribution in [3.8, 4) is 0 Å². The van der Waals surface area contributed by atoms with Gasteiger partial charge in [-0.25, -0.2) is 4.98 Å². The molecule has 6 nitrogen and oxygen atoms in total. The molecule has 1 saturated heterocycles. The monoisotopic (exact) mass is 329 g/mol. The molecule has 1 aliphatic rings. The molecule has 2 atom stereocenters. The van der Waals surface area contributed by atoms with Gasteiger partial charge in [0.05, 0.1) is 19.2 Å². The van der Waals surface area contributed by atoms with Crippen molar-refractivity contribution in [1.82, 2.24) is 19.6 Å². The minimum Gasteiger partial charge on any atom is -0.370 e. The summed E-state index contributed by atoms with van der Waals surface area (Å²) in [4.78, 5) is 6.74. The zero-order valence-electron chi connectivity index (χ0n) is 12.6. The maximum Gasteiger partial charge on any atom is 0.203 e. The Morgan fingerprint density at radius 3 is 3.13 bits per heavy atom. The normalized spacial score (nSPS) is 21.7. The van der Waals surface area contributed by atoms with Crippen molar-refractivity contribution in [2.24, 2.45) is 0 Å². The van der Waals surface area contributed by atoms with Crippen LogP contribution in [0.25, 0.3) is 5.65 Å². The summed E-state index contributed by atoms with van der Waals surface area (Å²) in [7, 11) is 0. The van der Waals surface area contributed by atoms with E-state index < -0.39 is 0 Å². The Hall–Kier alpha value is -2.18. The molecule has 0 radical (unpaired) electrons. The second-order valence-electron chi connectivity index (χ2n) is 5.69. The Morgan fingerprint density at radius 2 is 2.26 bits per heavy atom. The molecule has 2 unspecified atom stereocenters. The third-order valence-electron chi connectivity index (χ3n) is 4.12. The first-order valence-electron chi connectivity index (χ1n) is 7.50. The molecule has 2 aromatic heterocycles. The predicted molar refractivity (Wildman–Crippen MR) is 87.7 cm³/mol. The maximum atomic E-state index is 6.11. The average Bonchev–Trinajstić information content (AvgIpc) is 3.04. The molecule has 0 spiro atoms. The van der Waals surface area contributed by atoms with Gasteiger partial charge in [0.1, 0.15) is 12.4 Å². The molecule has 1 aliphatic heterocycles. The van der Waals surface area contributed by atoms with Gasteiger partial charge in [0.15, 0.2) is 5.82 Å². The molecule has 7 heteroatoms. The number of hydrogen-bond acceptors (Lipinski definition) is 5. The number of benzene rings is 1. The van der Waals surface area contributed by atoms with Crippen LogP contribution in [0.5, 0.6) is 0 Å². The minimum absolute atomic E-state index is 0.0464. The van der Waals surface area contributed by atoms with Crippen molar-refractivity contribution in [3.63, 3.8) is 0 Å². The summed E-state index contributed by atoms with van der Waals surface area (Å²) in [6.07, 6.45) is 5.25. The third kappa shape index (κ3) is 2.64. The molecule has 0 amide bonds. The highest BCUT2D eigenvalue weighted by Gasteiger charge is 2.29. The molecule has 0 saturated carbocycles. The van der Waals surface area contributed by atoms with Crippen LogP contribution >= 0.6 is 11.6 Å². The van der Waals surface area contributed by atoms with Gasteiger partial charge in [0.25, 0.3) is 0 Å². The van der Waals surface area contributed by atoms with Gasteiger partial charge in [-0.2, -0.15) is 0 Å². The van der Waals surface area contributed by atoms with E-state index in [0.29, 0.717) is 18.2 Å². The van der Waals surface area contributed by atoms with Gasteiger partial charge in [0.2, 0.25) is 5.65 Å². The van der Waals surface area contributed by atoms with Crippen molar-refractivity contribution in [3.05, 3.63) is 53.6 Å². The van der Waals surface area contributed by atoms with Gasteiger partial charge in [0, 0.05) is 17.4 Å². The van der Waals surface area contributed by atoms with Gasteiger partial charge in [-0.1, -0.05) is 23.7 Å².